The van der Waals surface area contributed by atoms with Gasteiger partial charge >= 0.3 is 6.18 Å². The van der Waals surface area contributed by atoms with Crippen molar-refractivity contribution in [2.24, 2.45) is 5.10 Å². The molecule has 3 aromatic rings. The number of hydrogen-bond donors (Lipinski definition) is 1. The minimum absolute atomic E-state index is 0.221. The summed E-state index contributed by atoms with van der Waals surface area (Å²) in [5.41, 5.74) is 1.73. The SMILES string of the molecule is N#Cc1ccc(C2CC(C(=O)Nc3ccc(C(F)(F)F)cc3)=NN2c2ccc(Cl)cc2)cc1. The number of hydrazone groups is 1. The lowest BCUT2D eigenvalue weighted by atomic mass is 10.00. The largest absolute Gasteiger partial charge is 0.416 e. The van der Waals surface area contributed by atoms with E-state index in [0.29, 0.717) is 16.3 Å². The third-order valence-corrected chi connectivity index (χ3v) is 5.41. The van der Waals surface area contributed by atoms with Crippen LogP contribution in [0.4, 0.5) is 24.5 Å². The topological polar surface area (TPSA) is 68.5 Å². The molecule has 1 heterocycles. The molecule has 0 fully saturated rings. The van der Waals surface area contributed by atoms with Gasteiger partial charge in [-0.1, -0.05) is 23.7 Å². The highest BCUT2D eigenvalue weighted by Crippen LogP contribution is 2.36. The van der Waals surface area contributed by atoms with E-state index in [1.54, 1.807) is 53.5 Å². The van der Waals surface area contributed by atoms with Gasteiger partial charge in [0.05, 0.1) is 28.9 Å². The Morgan fingerprint density at radius 2 is 1.67 bits per heavy atom. The summed E-state index contributed by atoms with van der Waals surface area (Å²) in [6, 6.07) is 19.9. The van der Waals surface area contributed by atoms with E-state index in [0.717, 1.165) is 17.7 Å². The monoisotopic (exact) mass is 468 g/mol. The molecule has 0 radical (unpaired) electrons. The molecule has 0 aliphatic carbocycles. The quantitative estimate of drug-likeness (QED) is 0.497. The van der Waals surface area contributed by atoms with Crippen LogP contribution in [0.2, 0.25) is 5.02 Å². The number of benzene rings is 3. The Kier molecular flexibility index (Phi) is 6.07. The van der Waals surface area contributed by atoms with E-state index >= 15 is 0 Å². The normalized spacial score (nSPS) is 15.7. The van der Waals surface area contributed by atoms with E-state index in [-0.39, 0.29) is 23.9 Å². The van der Waals surface area contributed by atoms with Crippen LogP contribution >= 0.6 is 11.6 Å². The van der Waals surface area contributed by atoms with E-state index in [4.69, 9.17) is 16.9 Å². The van der Waals surface area contributed by atoms with E-state index in [1.165, 1.54) is 12.1 Å². The van der Waals surface area contributed by atoms with Gasteiger partial charge in [0.1, 0.15) is 5.71 Å². The number of carbonyl (C=O) groups excluding carboxylic acids is 1. The fourth-order valence-electron chi connectivity index (χ4n) is 3.46. The number of hydrogen-bond acceptors (Lipinski definition) is 4. The first kappa shape index (κ1) is 22.4. The molecule has 4 rings (SSSR count). The summed E-state index contributed by atoms with van der Waals surface area (Å²) in [7, 11) is 0. The van der Waals surface area contributed by atoms with Crippen molar-refractivity contribution < 1.29 is 18.0 Å². The van der Waals surface area contributed by atoms with Crippen LogP contribution < -0.4 is 10.3 Å². The fourth-order valence-corrected chi connectivity index (χ4v) is 3.59. The number of alkyl halides is 3. The van der Waals surface area contributed by atoms with Crippen LogP contribution in [0.1, 0.15) is 29.2 Å². The van der Waals surface area contributed by atoms with E-state index in [1.807, 2.05) is 0 Å². The lowest BCUT2D eigenvalue weighted by molar-refractivity contribution is -0.137. The predicted molar refractivity (Wildman–Crippen MR) is 120 cm³/mol. The average Bonchev–Trinajstić information content (AvgIpc) is 3.25. The summed E-state index contributed by atoms with van der Waals surface area (Å²) in [6.07, 6.45) is -4.19. The summed E-state index contributed by atoms with van der Waals surface area (Å²) in [5, 5.41) is 18.4. The third kappa shape index (κ3) is 4.99. The van der Waals surface area contributed by atoms with E-state index < -0.39 is 17.6 Å². The van der Waals surface area contributed by atoms with Crippen molar-refractivity contribution in [2.45, 2.75) is 18.6 Å². The molecular weight excluding hydrogens is 453 g/mol. The van der Waals surface area contributed by atoms with Gasteiger partial charge < -0.3 is 5.32 Å². The zero-order chi connectivity index (χ0) is 23.6. The van der Waals surface area contributed by atoms with Crippen LogP contribution in [0.5, 0.6) is 0 Å². The van der Waals surface area contributed by atoms with Crippen molar-refractivity contribution in [3.63, 3.8) is 0 Å². The lowest BCUT2D eigenvalue weighted by Crippen LogP contribution is -2.22. The van der Waals surface area contributed by atoms with Gasteiger partial charge in [-0.05, 0) is 66.2 Å². The van der Waals surface area contributed by atoms with Crippen LogP contribution in [-0.4, -0.2) is 11.6 Å². The maximum Gasteiger partial charge on any atom is 0.416 e. The summed E-state index contributed by atoms with van der Waals surface area (Å²) in [5.74, 6) is -0.509. The van der Waals surface area contributed by atoms with Crippen LogP contribution in [-0.2, 0) is 11.0 Å². The second-order valence-electron chi connectivity index (χ2n) is 7.35. The maximum atomic E-state index is 12.8. The molecular formula is C24H16ClF3N4O. The van der Waals surface area contributed by atoms with E-state index in [2.05, 4.69) is 16.5 Å². The first-order valence-electron chi connectivity index (χ1n) is 9.85. The third-order valence-electron chi connectivity index (χ3n) is 5.16. The van der Waals surface area contributed by atoms with Crippen LogP contribution in [0, 0.1) is 11.3 Å². The van der Waals surface area contributed by atoms with Crippen molar-refractivity contribution in [3.8, 4) is 6.07 Å². The Morgan fingerprint density at radius 3 is 2.24 bits per heavy atom. The van der Waals surface area contributed by atoms with Crippen LogP contribution in [0.15, 0.2) is 77.9 Å². The molecule has 0 bridgehead atoms. The molecule has 1 unspecified atom stereocenters. The Hall–Kier alpha value is -3.83. The number of nitrogens with one attached hydrogen (secondary N) is 1. The Labute approximate surface area is 192 Å². The molecule has 5 nitrogen and oxygen atoms in total. The molecule has 0 spiro atoms. The highest BCUT2D eigenvalue weighted by Gasteiger charge is 2.33. The zero-order valence-electron chi connectivity index (χ0n) is 17.0. The van der Waals surface area contributed by atoms with Crippen molar-refractivity contribution in [1.82, 2.24) is 0 Å². The molecule has 0 saturated carbocycles. The highest BCUT2D eigenvalue weighted by molar-refractivity contribution is 6.43. The molecule has 1 aliphatic heterocycles. The summed E-state index contributed by atoms with van der Waals surface area (Å²) < 4.78 is 38.3. The maximum absolute atomic E-state index is 12.8. The number of rotatable bonds is 4. The summed E-state index contributed by atoms with van der Waals surface area (Å²) >= 11 is 5.99. The number of anilines is 2. The van der Waals surface area contributed by atoms with Gasteiger partial charge in [-0.2, -0.15) is 23.5 Å². The molecule has 1 aliphatic rings. The highest BCUT2D eigenvalue weighted by atomic mass is 35.5. The molecule has 9 heteroatoms. The van der Waals surface area contributed by atoms with Gasteiger partial charge in [0.2, 0.25) is 0 Å². The molecule has 33 heavy (non-hydrogen) atoms. The van der Waals surface area contributed by atoms with Crippen molar-refractivity contribution in [2.75, 3.05) is 10.3 Å². The van der Waals surface area contributed by atoms with Crippen LogP contribution in [0.25, 0.3) is 0 Å². The van der Waals surface area contributed by atoms with Crippen molar-refractivity contribution in [1.29, 1.82) is 5.26 Å². The number of amides is 1. The Bertz CT molecular complexity index is 1230. The van der Waals surface area contributed by atoms with Gasteiger partial charge in [0, 0.05) is 17.1 Å². The molecule has 1 N–H and O–H groups in total. The van der Waals surface area contributed by atoms with Gasteiger partial charge in [-0.25, -0.2) is 0 Å². The predicted octanol–water partition coefficient (Wildman–Crippen LogP) is 6.18. The lowest BCUT2D eigenvalue weighted by Gasteiger charge is -2.24. The smallest absolute Gasteiger partial charge is 0.321 e. The molecule has 3 aromatic carbocycles. The Balaban J connectivity index is 1.59. The average molecular weight is 469 g/mol. The van der Waals surface area contributed by atoms with Gasteiger partial charge in [0.15, 0.2) is 0 Å². The second-order valence-corrected chi connectivity index (χ2v) is 7.79. The minimum atomic E-state index is -4.45. The number of nitriles is 1. The molecule has 166 valence electrons. The van der Waals surface area contributed by atoms with Gasteiger partial charge in [0.25, 0.3) is 5.91 Å². The van der Waals surface area contributed by atoms with Crippen LogP contribution in [0.3, 0.4) is 0 Å². The molecule has 0 saturated heterocycles. The summed E-state index contributed by atoms with van der Waals surface area (Å²) in [6.45, 7) is 0. The minimum Gasteiger partial charge on any atom is -0.321 e. The van der Waals surface area contributed by atoms with Gasteiger partial charge in [-0.3, -0.25) is 9.80 Å². The standard InChI is InChI=1S/C24H16ClF3N4O/c25-18-7-11-20(12-8-18)32-22(16-3-1-15(14-29)2-4-16)13-21(31-32)23(33)30-19-9-5-17(6-10-19)24(26,27)28/h1-12,22H,13H2,(H,30,33). The number of nitrogens with zero attached hydrogens (tertiary/aromatic N) is 3. The summed E-state index contributed by atoms with van der Waals surface area (Å²) in [4.78, 5) is 12.8. The number of halogens is 4. The van der Waals surface area contributed by atoms with Crippen molar-refractivity contribution >= 4 is 34.6 Å². The van der Waals surface area contributed by atoms with Crippen molar-refractivity contribution in [3.05, 3.63) is 94.5 Å². The van der Waals surface area contributed by atoms with E-state index in [9.17, 15) is 18.0 Å². The van der Waals surface area contributed by atoms with Gasteiger partial charge in [-0.15, -0.1) is 0 Å². The molecule has 1 amide bonds. The Morgan fingerprint density at radius 1 is 1.03 bits per heavy atom. The fraction of sp³-hybridized carbons (Fsp3) is 0.125. The molecule has 1 atom stereocenters. The second kappa shape index (κ2) is 8.96. The first-order valence-corrected chi connectivity index (χ1v) is 10.2. The number of carbonyl (C=O) groups is 1. The zero-order valence-corrected chi connectivity index (χ0v) is 17.7. The first-order chi connectivity index (χ1) is 15.7. The molecule has 0 aromatic heterocycles.